The van der Waals surface area contributed by atoms with E-state index >= 15 is 0 Å². The lowest BCUT2D eigenvalue weighted by molar-refractivity contribution is 0.142. The van der Waals surface area contributed by atoms with Gasteiger partial charge in [-0.15, -0.1) is 0 Å². The topological polar surface area (TPSA) is 105 Å². The van der Waals surface area contributed by atoms with Crippen molar-refractivity contribution in [1.29, 1.82) is 5.26 Å². The number of fused-ring (bicyclic) bond motifs is 1. The number of carbonyl (C=O) groups is 1. The van der Waals surface area contributed by atoms with Crippen molar-refractivity contribution in [2.45, 2.75) is 31.8 Å². The minimum Gasteiger partial charge on any atom is -0.475 e. The van der Waals surface area contributed by atoms with Gasteiger partial charge in [-0.2, -0.15) is 5.26 Å². The predicted octanol–water partition coefficient (Wildman–Crippen LogP) is 0.872. The van der Waals surface area contributed by atoms with Gasteiger partial charge in [-0.25, -0.2) is 9.78 Å². The largest absolute Gasteiger partial charge is 0.475 e. The minimum absolute atomic E-state index is 0.347. The number of likely N-dealkylation sites (N-methyl/N-ethyl adjacent to an activating group) is 1. The molecule has 2 saturated heterocycles. The van der Waals surface area contributed by atoms with Crippen molar-refractivity contribution in [2.24, 2.45) is 0 Å². The van der Waals surface area contributed by atoms with Gasteiger partial charge in [-0.3, -0.25) is 0 Å². The summed E-state index contributed by atoms with van der Waals surface area (Å²) in [7, 11) is 2.10. The van der Waals surface area contributed by atoms with Gasteiger partial charge < -0.3 is 29.9 Å². The summed E-state index contributed by atoms with van der Waals surface area (Å²) in [6, 6.07) is 2.69. The molecule has 2 fully saturated rings. The molecule has 4 heterocycles. The van der Waals surface area contributed by atoms with Crippen LogP contribution in [-0.4, -0.2) is 84.9 Å². The first-order chi connectivity index (χ1) is 14.1. The predicted molar refractivity (Wildman–Crippen MR) is 107 cm³/mol. The van der Waals surface area contributed by atoms with Crippen molar-refractivity contribution in [1.82, 2.24) is 20.1 Å². The van der Waals surface area contributed by atoms with Gasteiger partial charge in [0.2, 0.25) is 5.88 Å². The minimum atomic E-state index is -0.893. The highest BCUT2D eigenvalue weighted by Gasteiger charge is 2.30. The van der Waals surface area contributed by atoms with Crippen LogP contribution in [-0.2, 0) is 13.0 Å². The highest BCUT2D eigenvalue weighted by molar-refractivity contribution is 5.70. The molecule has 0 saturated carbocycles. The lowest BCUT2D eigenvalue weighted by Crippen LogP contribution is -2.49. The zero-order valence-electron chi connectivity index (χ0n) is 16.9. The molecule has 0 aliphatic carbocycles. The summed E-state index contributed by atoms with van der Waals surface area (Å²) in [6.07, 6.45) is 2.17. The molecule has 1 unspecified atom stereocenters. The molecule has 0 radical (unpaired) electrons. The van der Waals surface area contributed by atoms with Crippen LogP contribution in [0, 0.1) is 11.3 Å². The molecule has 1 aromatic heterocycles. The Bertz CT molecular complexity index is 815. The first-order valence-corrected chi connectivity index (χ1v) is 10.3. The number of ether oxygens (including phenoxy) is 1. The third kappa shape index (κ3) is 3.95. The van der Waals surface area contributed by atoms with Crippen LogP contribution in [0.3, 0.4) is 0 Å². The Morgan fingerprint density at radius 3 is 2.79 bits per heavy atom. The summed E-state index contributed by atoms with van der Waals surface area (Å²) in [5.41, 5.74) is 3.39. The first-order valence-electron chi connectivity index (χ1n) is 10.3. The molecule has 0 bridgehead atoms. The van der Waals surface area contributed by atoms with Crippen molar-refractivity contribution in [3.05, 3.63) is 16.8 Å². The van der Waals surface area contributed by atoms with Gasteiger partial charge >= 0.3 is 6.09 Å². The number of amides is 1. The summed E-state index contributed by atoms with van der Waals surface area (Å²) in [6.45, 7) is 5.08. The summed E-state index contributed by atoms with van der Waals surface area (Å²) in [4.78, 5) is 21.8. The Labute approximate surface area is 170 Å². The number of rotatable bonds is 4. The van der Waals surface area contributed by atoms with Crippen LogP contribution < -0.4 is 15.0 Å². The number of pyridine rings is 1. The maximum Gasteiger partial charge on any atom is 0.407 e. The van der Waals surface area contributed by atoms with E-state index in [0.29, 0.717) is 56.8 Å². The fourth-order valence-electron chi connectivity index (χ4n) is 4.50. The number of likely N-dealkylation sites (tertiary alicyclic amines) is 1. The zero-order chi connectivity index (χ0) is 20.4. The quantitative estimate of drug-likeness (QED) is 0.767. The van der Waals surface area contributed by atoms with E-state index in [2.05, 4.69) is 28.2 Å². The lowest BCUT2D eigenvalue weighted by atomic mass is 9.99. The molecule has 2 N–H and O–H groups in total. The average Bonchev–Trinajstić information content (AvgIpc) is 3.15. The van der Waals surface area contributed by atoms with Crippen LogP contribution in [0.25, 0.3) is 0 Å². The Morgan fingerprint density at radius 2 is 2.14 bits per heavy atom. The maximum absolute atomic E-state index is 11.3. The number of nitrogens with zero attached hydrogens (tertiary/aromatic N) is 5. The van der Waals surface area contributed by atoms with Crippen LogP contribution in [0.4, 0.5) is 10.5 Å². The molecule has 9 nitrogen and oxygen atoms in total. The molecule has 9 heteroatoms. The second kappa shape index (κ2) is 8.43. The van der Waals surface area contributed by atoms with E-state index in [0.717, 1.165) is 49.3 Å². The van der Waals surface area contributed by atoms with Gasteiger partial charge in [0.25, 0.3) is 0 Å². The summed E-state index contributed by atoms with van der Waals surface area (Å²) < 4.78 is 6.11. The van der Waals surface area contributed by atoms with Crippen LogP contribution in [0.5, 0.6) is 5.88 Å². The third-order valence-corrected chi connectivity index (χ3v) is 6.23. The van der Waals surface area contributed by atoms with Gasteiger partial charge in [0.05, 0.1) is 11.4 Å². The molecular weight excluding hydrogens is 372 g/mol. The normalized spacial score (nSPS) is 22.3. The van der Waals surface area contributed by atoms with Crippen LogP contribution in [0.15, 0.2) is 0 Å². The number of hydrogen-bond acceptors (Lipinski definition) is 7. The number of nitriles is 1. The van der Waals surface area contributed by atoms with Crippen molar-refractivity contribution in [3.8, 4) is 11.9 Å². The van der Waals surface area contributed by atoms with E-state index in [4.69, 9.17) is 9.72 Å². The number of piperazine rings is 1. The van der Waals surface area contributed by atoms with Gasteiger partial charge in [-0.05, 0) is 39.4 Å². The summed E-state index contributed by atoms with van der Waals surface area (Å²) in [5.74, 6) is 0.408. The number of carboxylic acid groups (broad SMARTS) is 1. The second-order valence-corrected chi connectivity index (χ2v) is 7.95. The van der Waals surface area contributed by atoms with E-state index in [1.165, 1.54) is 4.90 Å². The smallest absolute Gasteiger partial charge is 0.407 e. The molecule has 4 rings (SSSR count). The molecule has 156 valence electrons. The fourth-order valence-corrected chi connectivity index (χ4v) is 4.50. The molecule has 0 aromatic carbocycles. The Kier molecular flexibility index (Phi) is 5.74. The number of anilines is 1. The molecule has 0 spiro atoms. The highest BCUT2D eigenvalue weighted by atomic mass is 16.5. The highest BCUT2D eigenvalue weighted by Crippen LogP contribution is 2.35. The zero-order valence-corrected chi connectivity index (χ0v) is 16.9. The van der Waals surface area contributed by atoms with E-state index in [1.807, 2.05) is 0 Å². The van der Waals surface area contributed by atoms with Crippen molar-refractivity contribution >= 4 is 11.8 Å². The molecule has 3 aliphatic rings. The van der Waals surface area contributed by atoms with E-state index in [-0.39, 0.29) is 0 Å². The van der Waals surface area contributed by atoms with Gasteiger partial charge in [-0.1, -0.05) is 0 Å². The van der Waals surface area contributed by atoms with Gasteiger partial charge in [0.1, 0.15) is 18.2 Å². The fraction of sp³-hybridized carbons (Fsp3) is 0.650. The molecule has 3 aliphatic heterocycles. The summed E-state index contributed by atoms with van der Waals surface area (Å²) >= 11 is 0. The SMILES string of the molecule is CN1CCCC1COc1nc2c(c(N3CCN(C(=O)O)CC3)c1C#N)CCNC2. The molecule has 29 heavy (non-hydrogen) atoms. The Morgan fingerprint density at radius 1 is 1.34 bits per heavy atom. The Balaban J connectivity index is 1.63. The summed E-state index contributed by atoms with van der Waals surface area (Å²) in [5, 5.41) is 22.6. The van der Waals surface area contributed by atoms with Crippen molar-refractivity contribution < 1.29 is 14.6 Å². The van der Waals surface area contributed by atoms with E-state index < -0.39 is 6.09 Å². The number of hydrogen-bond donors (Lipinski definition) is 2. The third-order valence-electron chi connectivity index (χ3n) is 6.23. The monoisotopic (exact) mass is 400 g/mol. The molecule has 1 aromatic rings. The molecular formula is C20H28N6O3. The maximum atomic E-state index is 11.3. The van der Waals surface area contributed by atoms with Crippen molar-refractivity contribution in [3.63, 3.8) is 0 Å². The standard InChI is InChI=1S/C20H28N6O3/c1-24-6-2-3-14(24)13-29-19-16(11-21)18(15-4-5-22-12-17(15)23-19)25-7-9-26(10-8-25)20(27)28/h14,22H,2-10,12-13H2,1H3,(H,27,28). The molecule has 1 atom stereocenters. The van der Waals surface area contributed by atoms with Crippen LogP contribution >= 0.6 is 0 Å². The Hall–Kier alpha value is -2.57. The van der Waals surface area contributed by atoms with Gasteiger partial charge in [0.15, 0.2) is 0 Å². The average molecular weight is 400 g/mol. The number of nitrogens with one attached hydrogen (secondary N) is 1. The number of aromatic nitrogens is 1. The van der Waals surface area contributed by atoms with E-state index in [1.54, 1.807) is 0 Å². The van der Waals surface area contributed by atoms with Crippen molar-refractivity contribution in [2.75, 3.05) is 57.8 Å². The second-order valence-electron chi connectivity index (χ2n) is 7.95. The first kappa shape index (κ1) is 19.7. The van der Waals surface area contributed by atoms with Gasteiger partial charge in [0, 0.05) is 44.3 Å². The van der Waals surface area contributed by atoms with Crippen LogP contribution in [0.1, 0.15) is 29.7 Å². The lowest BCUT2D eigenvalue weighted by Gasteiger charge is -2.37. The van der Waals surface area contributed by atoms with E-state index in [9.17, 15) is 15.2 Å². The van der Waals surface area contributed by atoms with Crippen LogP contribution in [0.2, 0.25) is 0 Å². The molecule has 1 amide bonds.